The quantitative estimate of drug-likeness (QED) is 0.703. The number of carbonyl (C=O) groups excluding carboxylic acids is 2. The van der Waals surface area contributed by atoms with Gasteiger partial charge >= 0.3 is 5.97 Å². The second kappa shape index (κ2) is 5.85. The lowest BCUT2D eigenvalue weighted by Gasteiger charge is -2.19. The number of amidine groups is 1. The molecule has 9 heteroatoms. The second-order valence-electron chi connectivity index (χ2n) is 3.53. The van der Waals surface area contributed by atoms with Crippen molar-refractivity contribution in [3.05, 3.63) is 22.4 Å². The van der Waals surface area contributed by atoms with Crippen LogP contribution in [0.2, 0.25) is 0 Å². The van der Waals surface area contributed by atoms with Crippen LogP contribution in [0.3, 0.4) is 0 Å². The molecule has 1 aromatic rings. The SMILES string of the molecule is O=C1CC(C(=O)O)S/C(=N/NC(=O)c2cccs2)N1. The average molecular weight is 299 g/mol. The van der Waals surface area contributed by atoms with Crippen molar-refractivity contribution in [2.45, 2.75) is 11.7 Å². The summed E-state index contributed by atoms with van der Waals surface area (Å²) in [6.07, 6.45) is -0.113. The van der Waals surface area contributed by atoms with Gasteiger partial charge in [-0.25, -0.2) is 5.43 Å². The molecule has 100 valence electrons. The highest BCUT2D eigenvalue weighted by molar-refractivity contribution is 8.15. The lowest BCUT2D eigenvalue weighted by Crippen LogP contribution is -2.41. The molecule has 1 aliphatic heterocycles. The largest absolute Gasteiger partial charge is 0.480 e. The average Bonchev–Trinajstić information content (AvgIpc) is 2.89. The monoisotopic (exact) mass is 299 g/mol. The molecule has 2 heterocycles. The number of thioether (sulfide) groups is 1. The molecule has 0 spiro atoms. The van der Waals surface area contributed by atoms with Gasteiger partial charge in [-0.3, -0.25) is 14.4 Å². The molecule has 1 fully saturated rings. The van der Waals surface area contributed by atoms with Crippen LogP contribution in [-0.2, 0) is 9.59 Å². The Balaban J connectivity index is 2.00. The number of aliphatic carboxylic acids is 1. The highest BCUT2D eigenvalue weighted by atomic mass is 32.2. The Morgan fingerprint density at radius 3 is 2.95 bits per heavy atom. The van der Waals surface area contributed by atoms with E-state index in [-0.39, 0.29) is 11.6 Å². The molecule has 0 bridgehead atoms. The number of hydrazone groups is 1. The first kappa shape index (κ1) is 13.6. The minimum Gasteiger partial charge on any atom is -0.480 e. The number of carboxylic acid groups (broad SMARTS) is 1. The first-order valence-electron chi connectivity index (χ1n) is 5.17. The summed E-state index contributed by atoms with van der Waals surface area (Å²) in [4.78, 5) is 34.2. The maximum Gasteiger partial charge on any atom is 0.317 e. The predicted octanol–water partition coefficient (Wildman–Crippen LogP) is 0.455. The van der Waals surface area contributed by atoms with E-state index in [9.17, 15) is 14.4 Å². The van der Waals surface area contributed by atoms with Gasteiger partial charge in [0.05, 0.1) is 4.88 Å². The number of rotatable bonds is 3. The predicted molar refractivity (Wildman–Crippen MR) is 71.0 cm³/mol. The number of hydrogen-bond acceptors (Lipinski definition) is 6. The summed E-state index contributed by atoms with van der Waals surface area (Å²) >= 11 is 2.14. The number of thiophene rings is 1. The van der Waals surface area contributed by atoms with Gasteiger partial charge in [0.25, 0.3) is 5.91 Å². The molecule has 0 saturated carbocycles. The molecule has 0 aromatic carbocycles. The van der Waals surface area contributed by atoms with Crippen LogP contribution in [-0.4, -0.2) is 33.3 Å². The number of amides is 2. The Morgan fingerprint density at radius 1 is 1.53 bits per heavy atom. The van der Waals surface area contributed by atoms with Crippen LogP contribution in [0.25, 0.3) is 0 Å². The molecule has 1 aliphatic rings. The van der Waals surface area contributed by atoms with Crippen LogP contribution in [0, 0.1) is 0 Å². The van der Waals surface area contributed by atoms with Crippen molar-refractivity contribution in [3.63, 3.8) is 0 Å². The highest BCUT2D eigenvalue weighted by Crippen LogP contribution is 2.20. The van der Waals surface area contributed by atoms with E-state index in [0.29, 0.717) is 4.88 Å². The van der Waals surface area contributed by atoms with Crippen molar-refractivity contribution >= 4 is 46.0 Å². The maximum absolute atomic E-state index is 11.6. The lowest BCUT2D eigenvalue weighted by atomic mass is 10.3. The van der Waals surface area contributed by atoms with E-state index in [1.807, 2.05) is 0 Å². The molecular formula is C10H9N3O4S2. The molecule has 3 N–H and O–H groups in total. The number of nitrogens with one attached hydrogen (secondary N) is 2. The minimum absolute atomic E-state index is 0.0774. The third-order valence-corrected chi connectivity index (χ3v) is 4.09. The van der Waals surface area contributed by atoms with Gasteiger partial charge in [0, 0.05) is 6.42 Å². The Hall–Kier alpha value is -1.87. The van der Waals surface area contributed by atoms with E-state index in [2.05, 4.69) is 15.8 Å². The van der Waals surface area contributed by atoms with Crippen LogP contribution >= 0.6 is 23.1 Å². The van der Waals surface area contributed by atoms with E-state index in [0.717, 1.165) is 11.8 Å². The van der Waals surface area contributed by atoms with Gasteiger partial charge < -0.3 is 10.4 Å². The van der Waals surface area contributed by atoms with Gasteiger partial charge in [0.2, 0.25) is 5.91 Å². The molecule has 1 unspecified atom stereocenters. The smallest absolute Gasteiger partial charge is 0.317 e. The molecule has 2 amide bonds. The summed E-state index contributed by atoms with van der Waals surface area (Å²) in [7, 11) is 0. The maximum atomic E-state index is 11.6. The first-order chi connectivity index (χ1) is 9.06. The van der Waals surface area contributed by atoms with Gasteiger partial charge in [-0.15, -0.1) is 16.4 Å². The van der Waals surface area contributed by atoms with Crippen molar-refractivity contribution in [1.29, 1.82) is 0 Å². The highest BCUT2D eigenvalue weighted by Gasteiger charge is 2.30. The van der Waals surface area contributed by atoms with Crippen molar-refractivity contribution in [3.8, 4) is 0 Å². The molecule has 7 nitrogen and oxygen atoms in total. The third kappa shape index (κ3) is 3.55. The Bertz CT molecular complexity index is 541. The molecule has 0 radical (unpaired) electrons. The number of hydrogen-bond donors (Lipinski definition) is 3. The standard InChI is InChI=1S/C10H9N3O4S2/c14-7-4-6(9(16)17)19-10(11-7)13-12-8(15)5-2-1-3-18-5/h1-3,6H,4H2,(H,12,15)(H,16,17)(H,11,13,14). The van der Waals surface area contributed by atoms with E-state index in [1.54, 1.807) is 17.5 Å². The van der Waals surface area contributed by atoms with Gasteiger partial charge in [-0.05, 0) is 11.4 Å². The minimum atomic E-state index is -1.09. The van der Waals surface area contributed by atoms with Crippen LogP contribution in [0.1, 0.15) is 16.1 Å². The Kier molecular flexibility index (Phi) is 4.17. The van der Waals surface area contributed by atoms with Gasteiger partial charge in [-0.1, -0.05) is 17.8 Å². The Morgan fingerprint density at radius 2 is 2.32 bits per heavy atom. The topological polar surface area (TPSA) is 108 Å². The van der Waals surface area contributed by atoms with E-state index < -0.39 is 23.0 Å². The Labute approximate surface area is 116 Å². The molecule has 2 rings (SSSR count). The summed E-state index contributed by atoms with van der Waals surface area (Å²) in [6.45, 7) is 0. The van der Waals surface area contributed by atoms with Crippen molar-refractivity contribution < 1.29 is 19.5 Å². The van der Waals surface area contributed by atoms with Crippen LogP contribution in [0.5, 0.6) is 0 Å². The summed E-state index contributed by atoms with van der Waals surface area (Å²) < 4.78 is 0. The molecule has 1 saturated heterocycles. The zero-order valence-electron chi connectivity index (χ0n) is 9.45. The zero-order chi connectivity index (χ0) is 13.8. The van der Waals surface area contributed by atoms with Gasteiger partial charge in [0.15, 0.2) is 5.17 Å². The fraction of sp³-hybridized carbons (Fsp3) is 0.200. The van der Waals surface area contributed by atoms with Crippen LogP contribution in [0.15, 0.2) is 22.6 Å². The van der Waals surface area contributed by atoms with Gasteiger partial charge in [0.1, 0.15) is 5.25 Å². The lowest BCUT2D eigenvalue weighted by molar-refractivity contribution is -0.138. The summed E-state index contributed by atoms with van der Waals surface area (Å²) in [5.74, 6) is -1.93. The van der Waals surface area contributed by atoms with Crippen molar-refractivity contribution in [2.24, 2.45) is 5.10 Å². The van der Waals surface area contributed by atoms with Gasteiger partial charge in [-0.2, -0.15) is 0 Å². The summed E-state index contributed by atoms with van der Waals surface area (Å²) in [5.41, 5.74) is 2.27. The number of carbonyl (C=O) groups is 3. The second-order valence-corrected chi connectivity index (χ2v) is 5.67. The van der Waals surface area contributed by atoms with Crippen LogP contribution in [0.4, 0.5) is 0 Å². The molecular weight excluding hydrogens is 290 g/mol. The number of carboxylic acids is 1. The fourth-order valence-corrected chi connectivity index (χ4v) is 2.79. The third-order valence-electron chi connectivity index (χ3n) is 2.15. The molecule has 0 aliphatic carbocycles. The molecule has 1 aromatic heterocycles. The van der Waals surface area contributed by atoms with Crippen molar-refractivity contribution in [1.82, 2.24) is 10.7 Å². The summed E-state index contributed by atoms with van der Waals surface area (Å²) in [5, 5.41) is 15.9. The van der Waals surface area contributed by atoms with E-state index >= 15 is 0 Å². The number of nitrogens with zero attached hydrogens (tertiary/aromatic N) is 1. The van der Waals surface area contributed by atoms with Crippen molar-refractivity contribution in [2.75, 3.05) is 0 Å². The molecule has 19 heavy (non-hydrogen) atoms. The van der Waals surface area contributed by atoms with E-state index in [4.69, 9.17) is 5.11 Å². The fourth-order valence-electron chi connectivity index (χ4n) is 1.30. The zero-order valence-corrected chi connectivity index (χ0v) is 11.1. The van der Waals surface area contributed by atoms with E-state index in [1.165, 1.54) is 11.3 Å². The molecule has 1 atom stereocenters. The van der Waals surface area contributed by atoms with Crippen LogP contribution < -0.4 is 10.7 Å². The summed E-state index contributed by atoms with van der Waals surface area (Å²) in [6, 6.07) is 3.36. The normalized spacial score (nSPS) is 20.9. The first-order valence-corrected chi connectivity index (χ1v) is 6.93.